The smallest absolute Gasteiger partial charge is 0.406 e. The third-order valence-electron chi connectivity index (χ3n) is 1.85. The predicted octanol–water partition coefficient (Wildman–Crippen LogP) is 1.11. The molecule has 0 unspecified atom stereocenters. The number of halogens is 1. The van der Waals surface area contributed by atoms with Crippen molar-refractivity contribution in [1.29, 1.82) is 0 Å². The van der Waals surface area contributed by atoms with Crippen LogP contribution in [0.25, 0.3) is 0 Å². The molecule has 0 saturated carbocycles. The highest BCUT2D eigenvalue weighted by Crippen LogP contribution is 2.09. The van der Waals surface area contributed by atoms with Crippen LogP contribution in [0.15, 0.2) is 0 Å². The van der Waals surface area contributed by atoms with Gasteiger partial charge in [0.05, 0.1) is 6.54 Å². The van der Waals surface area contributed by atoms with Crippen LogP contribution in [-0.4, -0.2) is 47.3 Å². The van der Waals surface area contributed by atoms with Crippen LogP contribution in [0.4, 0.5) is 16.7 Å². The van der Waals surface area contributed by atoms with Gasteiger partial charge in [0.1, 0.15) is 6.61 Å². The standard InChI is InChI=1S/C10H17ClN6O2/c1-6(2)14-9-16-7(11)15-8(17-9)13-4-5-19-10(18)12-3/h6H,4-5H2,1-3H3,(H,12,18)(H2,13,14,15,16,17). The molecule has 0 bridgehead atoms. The molecule has 1 aromatic heterocycles. The van der Waals surface area contributed by atoms with E-state index in [0.717, 1.165) is 0 Å². The van der Waals surface area contributed by atoms with E-state index in [1.54, 1.807) is 0 Å². The first-order chi connectivity index (χ1) is 9.01. The van der Waals surface area contributed by atoms with E-state index in [-0.39, 0.29) is 17.9 Å². The number of amides is 1. The van der Waals surface area contributed by atoms with Gasteiger partial charge in [-0.1, -0.05) is 0 Å². The van der Waals surface area contributed by atoms with Gasteiger partial charge in [0.15, 0.2) is 0 Å². The van der Waals surface area contributed by atoms with Crippen molar-refractivity contribution in [2.45, 2.75) is 19.9 Å². The maximum absolute atomic E-state index is 10.8. The van der Waals surface area contributed by atoms with E-state index >= 15 is 0 Å². The van der Waals surface area contributed by atoms with Gasteiger partial charge in [0, 0.05) is 13.1 Å². The highest BCUT2D eigenvalue weighted by molar-refractivity contribution is 6.28. The van der Waals surface area contributed by atoms with Crippen LogP contribution >= 0.6 is 11.6 Å². The number of rotatable bonds is 6. The van der Waals surface area contributed by atoms with Gasteiger partial charge < -0.3 is 20.7 Å². The number of anilines is 2. The predicted molar refractivity (Wildman–Crippen MR) is 72.5 cm³/mol. The van der Waals surface area contributed by atoms with Crippen molar-refractivity contribution in [1.82, 2.24) is 20.3 Å². The average Bonchev–Trinajstić information content (AvgIpc) is 2.32. The van der Waals surface area contributed by atoms with Crippen LogP contribution in [0, 0.1) is 0 Å². The summed E-state index contributed by atoms with van der Waals surface area (Å²) in [6, 6.07) is 0.183. The normalized spacial score (nSPS) is 10.2. The van der Waals surface area contributed by atoms with Gasteiger partial charge in [0.2, 0.25) is 17.2 Å². The molecule has 1 heterocycles. The lowest BCUT2D eigenvalue weighted by Gasteiger charge is -2.10. The van der Waals surface area contributed by atoms with Crippen molar-refractivity contribution in [3.05, 3.63) is 5.28 Å². The number of hydrogen-bond donors (Lipinski definition) is 3. The molecule has 0 aliphatic heterocycles. The molecule has 8 nitrogen and oxygen atoms in total. The molecule has 0 fully saturated rings. The maximum atomic E-state index is 10.8. The topological polar surface area (TPSA) is 101 Å². The summed E-state index contributed by atoms with van der Waals surface area (Å²) in [5.41, 5.74) is 0. The summed E-state index contributed by atoms with van der Waals surface area (Å²) in [5.74, 6) is 0.716. The van der Waals surface area contributed by atoms with E-state index in [1.807, 2.05) is 13.8 Å². The van der Waals surface area contributed by atoms with Crippen LogP contribution in [-0.2, 0) is 4.74 Å². The fraction of sp³-hybridized carbons (Fsp3) is 0.600. The molecule has 1 rings (SSSR count). The van der Waals surface area contributed by atoms with Crippen molar-refractivity contribution >= 4 is 29.6 Å². The number of nitrogens with one attached hydrogen (secondary N) is 3. The van der Waals surface area contributed by atoms with E-state index in [4.69, 9.17) is 16.3 Å². The van der Waals surface area contributed by atoms with Gasteiger partial charge in [-0.05, 0) is 25.4 Å². The Bertz CT molecular complexity index is 428. The first-order valence-corrected chi connectivity index (χ1v) is 6.15. The molecule has 0 atom stereocenters. The SMILES string of the molecule is CNC(=O)OCCNc1nc(Cl)nc(NC(C)C)n1. The minimum absolute atomic E-state index is 0.0906. The molecule has 0 aliphatic carbocycles. The van der Waals surface area contributed by atoms with Crippen molar-refractivity contribution in [3.63, 3.8) is 0 Å². The molecular formula is C10H17ClN6O2. The number of alkyl carbamates (subject to hydrolysis) is 1. The summed E-state index contributed by atoms with van der Waals surface area (Å²) in [7, 11) is 1.49. The van der Waals surface area contributed by atoms with Crippen molar-refractivity contribution in [3.8, 4) is 0 Å². The van der Waals surface area contributed by atoms with Gasteiger partial charge in [-0.2, -0.15) is 15.0 Å². The molecular weight excluding hydrogens is 272 g/mol. The third-order valence-corrected chi connectivity index (χ3v) is 2.02. The minimum Gasteiger partial charge on any atom is -0.448 e. The number of nitrogens with zero attached hydrogens (tertiary/aromatic N) is 3. The lowest BCUT2D eigenvalue weighted by molar-refractivity contribution is 0.153. The number of hydrogen-bond acceptors (Lipinski definition) is 7. The van der Waals surface area contributed by atoms with Crippen LogP contribution in [0.1, 0.15) is 13.8 Å². The molecule has 0 aromatic carbocycles. The molecule has 1 aromatic rings. The van der Waals surface area contributed by atoms with E-state index < -0.39 is 6.09 Å². The third kappa shape index (κ3) is 6.05. The van der Waals surface area contributed by atoms with Crippen molar-refractivity contribution in [2.24, 2.45) is 0 Å². The van der Waals surface area contributed by atoms with Gasteiger partial charge in [0.25, 0.3) is 0 Å². The van der Waals surface area contributed by atoms with E-state index in [1.165, 1.54) is 7.05 Å². The Labute approximate surface area is 116 Å². The highest BCUT2D eigenvalue weighted by atomic mass is 35.5. The number of carbonyl (C=O) groups is 1. The molecule has 0 spiro atoms. The lowest BCUT2D eigenvalue weighted by Crippen LogP contribution is -2.23. The second-order valence-corrected chi connectivity index (χ2v) is 4.20. The van der Waals surface area contributed by atoms with Gasteiger partial charge in [-0.15, -0.1) is 0 Å². The maximum Gasteiger partial charge on any atom is 0.406 e. The molecule has 1 amide bonds. The zero-order valence-corrected chi connectivity index (χ0v) is 11.8. The van der Waals surface area contributed by atoms with Gasteiger partial charge in [-0.3, -0.25) is 0 Å². The van der Waals surface area contributed by atoms with Crippen molar-refractivity contribution < 1.29 is 9.53 Å². The average molecular weight is 289 g/mol. The molecule has 106 valence electrons. The molecule has 0 saturated heterocycles. The molecule has 0 aliphatic rings. The zero-order valence-electron chi connectivity index (χ0n) is 11.0. The summed E-state index contributed by atoms with van der Waals surface area (Å²) in [4.78, 5) is 22.8. The fourth-order valence-corrected chi connectivity index (χ4v) is 1.29. The van der Waals surface area contributed by atoms with Crippen LogP contribution < -0.4 is 16.0 Å². The highest BCUT2D eigenvalue weighted by Gasteiger charge is 2.06. The largest absolute Gasteiger partial charge is 0.448 e. The first-order valence-electron chi connectivity index (χ1n) is 5.77. The Balaban J connectivity index is 2.49. The van der Waals surface area contributed by atoms with Crippen LogP contribution in [0.5, 0.6) is 0 Å². The second-order valence-electron chi connectivity index (χ2n) is 3.86. The summed E-state index contributed by atoms with van der Waals surface area (Å²) < 4.78 is 4.81. The van der Waals surface area contributed by atoms with Gasteiger partial charge in [-0.25, -0.2) is 4.79 Å². The molecule has 3 N–H and O–H groups in total. The lowest BCUT2D eigenvalue weighted by atomic mass is 10.4. The summed E-state index contributed by atoms with van der Waals surface area (Å²) in [5, 5.41) is 8.34. The van der Waals surface area contributed by atoms with E-state index in [0.29, 0.717) is 18.4 Å². The Morgan fingerprint density at radius 1 is 1.32 bits per heavy atom. The fourth-order valence-electron chi connectivity index (χ4n) is 1.13. The minimum atomic E-state index is -0.488. The monoisotopic (exact) mass is 288 g/mol. The number of ether oxygens (including phenoxy) is 1. The Kier molecular flexibility index (Phi) is 6.07. The summed E-state index contributed by atoms with van der Waals surface area (Å²) >= 11 is 5.78. The zero-order chi connectivity index (χ0) is 14.3. The van der Waals surface area contributed by atoms with Gasteiger partial charge >= 0.3 is 6.09 Å². The quantitative estimate of drug-likeness (QED) is 0.674. The first kappa shape index (κ1) is 15.2. The Morgan fingerprint density at radius 2 is 2.00 bits per heavy atom. The second kappa shape index (κ2) is 7.57. The molecule has 0 radical (unpaired) electrons. The Morgan fingerprint density at radius 3 is 2.63 bits per heavy atom. The van der Waals surface area contributed by atoms with Crippen LogP contribution in [0.3, 0.4) is 0 Å². The number of aromatic nitrogens is 3. The van der Waals surface area contributed by atoms with Crippen LogP contribution in [0.2, 0.25) is 5.28 Å². The number of carbonyl (C=O) groups excluding carboxylic acids is 1. The Hall–Kier alpha value is -1.83. The van der Waals surface area contributed by atoms with E-state index in [9.17, 15) is 4.79 Å². The van der Waals surface area contributed by atoms with E-state index in [2.05, 4.69) is 30.9 Å². The summed E-state index contributed by atoms with van der Waals surface area (Å²) in [6.45, 7) is 4.48. The summed E-state index contributed by atoms with van der Waals surface area (Å²) in [6.07, 6.45) is -0.488. The van der Waals surface area contributed by atoms with Crippen molar-refractivity contribution in [2.75, 3.05) is 30.8 Å². The molecule has 19 heavy (non-hydrogen) atoms. The molecule has 9 heteroatoms.